The van der Waals surface area contributed by atoms with E-state index in [0.717, 1.165) is 29.8 Å². The summed E-state index contributed by atoms with van der Waals surface area (Å²) in [6.45, 7) is 9.23. The van der Waals surface area contributed by atoms with Crippen molar-refractivity contribution < 1.29 is 10.1 Å². The number of carbonyl (C=O) groups is 1. The first-order valence-electron chi connectivity index (χ1n) is 8.26. The molecule has 5 heteroatoms. The summed E-state index contributed by atoms with van der Waals surface area (Å²) < 4.78 is 1.51. The van der Waals surface area contributed by atoms with Crippen LogP contribution in [0, 0.1) is 13.8 Å². The minimum Gasteiger partial charge on any atom is -0.340 e. The molecule has 5 nitrogen and oxygen atoms in total. The van der Waals surface area contributed by atoms with Crippen LogP contribution in [-0.2, 0) is 6.42 Å². The summed E-state index contributed by atoms with van der Waals surface area (Å²) >= 11 is 0. The second-order valence-corrected chi connectivity index (χ2v) is 5.88. The number of Topliss-reactive ketones (excluding diaryl/α,β-unsaturated/α-hetero) is 1. The van der Waals surface area contributed by atoms with Gasteiger partial charge in [-0.2, -0.15) is 0 Å². The third kappa shape index (κ3) is 3.45. The van der Waals surface area contributed by atoms with Crippen LogP contribution in [0.1, 0.15) is 47.4 Å². The SMILES string of the molecule is CCC[NH2+]CC(=O)c1c(CC)[nH]n(-c2cccc(C)c2C)c1=O. The van der Waals surface area contributed by atoms with E-state index in [1.165, 1.54) is 4.68 Å². The van der Waals surface area contributed by atoms with Crippen LogP contribution in [0.5, 0.6) is 0 Å². The van der Waals surface area contributed by atoms with Gasteiger partial charge in [0.2, 0.25) is 5.78 Å². The first-order chi connectivity index (χ1) is 11.0. The zero-order valence-corrected chi connectivity index (χ0v) is 14.4. The predicted octanol–water partition coefficient (Wildman–Crippen LogP) is 1.50. The molecule has 23 heavy (non-hydrogen) atoms. The highest BCUT2D eigenvalue weighted by Crippen LogP contribution is 2.16. The van der Waals surface area contributed by atoms with Crippen molar-refractivity contribution in [2.75, 3.05) is 13.1 Å². The molecule has 0 aliphatic carbocycles. The molecule has 1 aromatic carbocycles. The average Bonchev–Trinajstić information content (AvgIpc) is 2.87. The number of nitrogens with zero attached hydrogens (tertiary/aromatic N) is 1. The van der Waals surface area contributed by atoms with E-state index in [2.05, 4.69) is 12.0 Å². The Morgan fingerprint density at radius 2 is 2.00 bits per heavy atom. The van der Waals surface area contributed by atoms with E-state index in [1.54, 1.807) is 0 Å². The van der Waals surface area contributed by atoms with Crippen LogP contribution < -0.4 is 10.9 Å². The largest absolute Gasteiger partial charge is 0.340 e. The summed E-state index contributed by atoms with van der Waals surface area (Å²) in [6, 6.07) is 5.84. The van der Waals surface area contributed by atoms with Crippen LogP contribution in [0.15, 0.2) is 23.0 Å². The Labute approximate surface area is 136 Å². The highest BCUT2D eigenvalue weighted by Gasteiger charge is 2.22. The molecule has 3 N–H and O–H groups in total. The lowest BCUT2D eigenvalue weighted by molar-refractivity contribution is -0.642. The number of hydrogen-bond acceptors (Lipinski definition) is 2. The van der Waals surface area contributed by atoms with Crippen molar-refractivity contribution in [3.05, 3.63) is 50.9 Å². The van der Waals surface area contributed by atoms with E-state index in [9.17, 15) is 9.59 Å². The summed E-state index contributed by atoms with van der Waals surface area (Å²) in [5.74, 6) is -0.0967. The van der Waals surface area contributed by atoms with Crippen molar-refractivity contribution in [3.63, 3.8) is 0 Å². The summed E-state index contributed by atoms with van der Waals surface area (Å²) in [5, 5.41) is 5.08. The Balaban J connectivity index is 2.47. The molecule has 0 aliphatic heterocycles. The number of nitrogens with two attached hydrogens (primary N) is 1. The molecule has 1 aromatic heterocycles. The van der Waals surface area contributed by atoms with Gasteiger partial charge in [0.15, 0.2) is 0 Å². The molecule has 0 unspecified atom stereocenters. The number of benzene rings is 1. The third-order valence-electron chi connectivity index (χ3n) is 4.24. The lowest BCUT2D eigenvalue weighted by atomic mass is 10.1. The predicted molar refractivity (Wildman–Crippen MR) is 91.5 cm³/mol. The van der Waals surface area contributed by atoms with Crippen LogP contribution in [0.3, 0.4) is 0 Å². The molecule has 0 aliphatic rings. The summed E-state index contributed by atoms with van der Waals surface area (Å²) in [6.07, 6.45) is 1.63. The quantitative estimate of drug-likeness (QED) is 0.600. The van der Waals surface area contributed by atoms with Gasteiger partial charge in [0.25, 0.3) is 5.56 Å². The highest BCUT2D eigenvalue weighted by molar-refractivity contribution is 5.97. The highest BCUT2D eigenvalue weighted by atomic mass is 16.2. The van der Waals surface area contributed by atoms with E-state index in [4.69, 9.17) is 0 Å². The van der Waals surface area contributed by atoms with Gasteiger partial charge >= 0.3 is 0 Å². The van der Waals surface area contributed by atoms with Gasteiger partial charge < -0.3 is 5.32 Å². The van der Waals surface area contributed by atoms with Crippen molar-refractivity contribution in [1.82, 2.24) is 9.78 Å². The Morgan fingerprint density at radius 1 is 1.26 bits per heavy atom. The van der Waals surface area contributed by atoms with E-state index in [-0.39, 0.29) is 11.3 Å². The molecule has 0 atom stereocenters. The number of aryl methyl sites for hydroxylation is 2. The molecule has 0 amide bonds. The average molecular weight is 316 g/mol. The zero-order chi connectivity index (χ0) is 17.0. The molecule has 0 fully saturated rings. The van der Waals surface area contributed by atoms with Gasteiger partial charge in [0.05, 0.1) is 12.2 Å². The summed E-state index contributed by atoms with van der Waals surface area (Å²) in [4.78, 5) is 25.2. The van der Waals surface area contributed by atoms with Crippen LogP contribution in [0.2, 0.25) is 0 Å². The maximum absolute atomic E-state index is 12.8. The van der Waals surface area contributed by atoms with Crippen molar-refractivity contribution >= 4 is 5.78 Å². The summed E-state index contributed by atoms with van der Waals surface area (Å²) in [7, 11) is 0. The van der Waals surface area contributed by atoms with Gasteiger partial charge in [-0.1, -0.05) is 26.0 Å². The van der Waals surface area contributed by atoms with Gasteiger partial charge in [0, 0.05) is 5.69 Å². The number of hydrogen-bond donors (Lipinski definition) is 2. The maximum Gasteiger partial charge on any atom is 0.282 e. The maximum atomic E-state index is 12.8. The van der Waals surface area contributed by atoms with E-state index in [1.807, 2.05) is 44.3 Å². The number of carbonyl (C=O) groups excluding carboxylic acids is 1. The second-order valence-electron chi connectivity index (χ2n) is 5.88. The number of ketones is 1. The topological polar surface area (TPSA) is 71.5 Å². The van der Waals surface area contributed by atoms with Crippen LogP contribution in [-0.4, -0.2) is 28.7 Å². The molecule has 0 saturated carbocycles. The first kappa shape index (κ1) is 17.2. The standard InChI is InChI=1S/C18H25N3O2/c1-5-10-19-11-16(22)17-14(6-2)20-21(18(17)23)15-9-7-8-12(3)13(15)4/h7-9,19-20H,5-6,10-11H2,1-4H3/p+1. The molecule has 0 bridgehead atoms. The van der Waals surface area contributed by atoms with E-state index in [0.29, 0.717) is 24.2 Å². The molecule has 0 radical (unpaired) electrons. The second kappa shape index (κ2) is 7.42. The van der Waals surface area contributed by atoms with Gasteiger partial charge in [-0.25, -0.2) is 4.68 Å². The number of rotatable bonds is 7. The molecular formula is C18H26N3O2+. The smallest absolute Gasteiger partial charge is 0.282 e. The van der Waals surface area contributed by atoms with E-state index >= 15 is 0 Å². The lowest BCUT2D eigenvalue weighted by Crippen LogP contribution is -2.85. The third-order valence-corrected chi connectivity index (χ3v) is 4.24. The van der Waals surface area contributed by atoms with Crippen molar-refractivity contribution in [2.45, 2.75) is 40.5 Å². The minimum atomic E-state index is -0.245. The van der Waals surface area contributed by atoms with Crippen LogP contribution in [0.25, 0.3) is 5.69 Å². The minimum absolute atomic E-state index is 0.0967. The molecule has 2 rings (SSSR count). The monoisotopic (exact) mass is 316 g/mol. The Hall–Kier alpha value is -2.14. The number of aromatic nitrogens is 2. The fourth-order valence-corrected chi connectivity index (χ4v) is 2.71. The fourth-order valence-electron chi connectivity index (χ4n) is 2.71. The van der Waals surface area contributed by atoms with Crippen molar-refractivity contribution in [1.29, 1.82) is 0 Å². The Bertz CT molecular complexity index is 756. The lowest BCUT2D eigenvalue weighted by Gasteiger charge is -2.08. The van der Waals surface area contributed by atoms with Crippen LogP contribution >= 0.6 is 0 Å². The van der Waals surface area contributed by atoms with E-state index < -0.39 is 0 Å². The number of quaternary nitrogens is 1. The van der Waals surface area contributed by atoms with Gasteiger partial charge in [-0.05, 0) is 43.9 Å². The summed E-state index contributed by atoms with van der Waals surface area (Å²) in [5.41, 5.74) is 3.74. The first-order valence-corrected chi connectivity index (χ1v) is 8.26. The molecule has 0 saturated heterocycles. The molecule has 1 heterocycles. The van der Waals surface area contributed by atoms with Gasteiger partial charge in [-0.15, -0.1) is 0 Å². The molecule has 0 spiro atoms. The number of aromatic amines is 1. The van der Waals surface area contributed by atoms with Crippen molar-refractivity contribution in [3.8, 4) is 5.69 Å². The normalized spacial score (nSPS) is 11.0. The fraction of sp³-hybridized carbons (Fsp3) is 0.444. The number of nitrogens with one attached hydrogen (secondary N) is 1. The van der Waals surface area contributed by atoms with Gasteiger partial charge in [0.1, 0.15) is 12.1 Å². The Morgan fingerprint density at radius 3 is 2.65 bits per heavy atom. The van der Waals surface area contributed by atoms with Crippen LogP contribution in [0.4, 0.5) is 0 Å². The van der Waals surface area contributed by atoms with Gasteiger partial charge in [-0.3, -0.25) is 14.7 Å². The molecule has 2 aromatic rings. The molecule has 124 valence electrons. The number of H-pyrrole nitrogens is 1. The molecular weight excluding hydrogens is 290 g/mol. The Kier molecular flexibility index (Phi) is 5.55. The zero-order valence-electron chi connectivity index (χ0n) is 14.4. The van der Waals surface area contributed by atoms with Crippen molar-refractivity contribution in [2.24, 2.45) is 0 Å².